The summed E-state index contributed by atoms with van der Waals surface area (Å²) in [7, 11) is 0. The first-order valence-electron chi connectivity index (χ1n) is 2.81. The molecule has 1 heterocycles. The van der Waals surface area contributed by atoms with Crippen molar-refractivity contribution in [3.63, 3.8) is 0 Å². The number of hydrogen-bond donors (Lipinski definition) is 0. The van der Waals surface area contributed by atoms with Gasteiger partial charge in [0.05, 0.1) is 17.6 Å². The third-order valence-electron chi connectivity index (χ3n) is 1.05. The van der Waals surface area contributed by atoms with Gasteiger partial charge in [0.1, 0.15) is 5.97 Å². The van der Waals surface area contributed by atoms with Crippen LogP contribution in [0.5, 0.6) is 0 Å². The number of rotatable bonds is 3. The average Bonchev–Trinajstić information content (AvgIpc) is 2.39. The van der Waals surface area contributed by atoms with Crippen molar-refractivity contribution in [2.75, 3.05) is 0 Å². The van der Waals surface area contributed by atoms with Crippen LogP contribution in [0.15, 0.2) is 10.9 Å². The van der Waals surface area contributed by atoms with Gasteiger partial charge in [0.2, 0.25) is 0 Å². The molecule has 0 bridgehead atoms. The fourth-order valence-electron chi connectivity index (χ4n) is 0.562. The molecule has 0 aliphatic rings. The van der Waals surface area contributed by atoms with E-state index < -0.39 is 11.8 Å². The van der Waals surface area contributed by atoms with Gasteiger partial charge in [-0.3, -0.25) is 4.79 Å². The predicted molar refractivity (Wildman–Crippen MR) is 35.8 cm³/mol. The van der Waals surface area contributed by atoms with E-state index in [9.17, 15) is 14.7 Å². The fourth-order valence-corrected chi connectivity index (χ4v) is 1.12. The summed E-state index contributed by atoms with van der Waals surface area (Å²) in [5, 5.41) is 11.6. The number of carbonyl (C=O) groups is 2. The summed E-state index contributed by atoms with van der Waals surface area (Å²) < 4.78 is 0. The van der Waals surface area contributed by atoms with E-state index in [1.54, 1.807) is 5.38 Å². The second-order valence-electron chi connectivity index (χ2n) is 1.87. The number of carbonyl (C=O) groups excluding carboxylic acids is 2. The van der Waals surface area contributed by atoms with Crippen molar-refractivity contribution in [2.45, 2.75) is 6.42 Å². The van der Waals surface area contributed by atoms with Crippen molar-refractivity contribution in [1.82, 2.24) is 4.98 Å². The van der Waals surface area contributed by atoms with Crippen LogP contribution in [0.3, 0.4) is 0 Å². The summed E-state index contributed by atoms with van der Waals surface area (Å²) in [5.74, 6) is -2.59. The van der Waals surface area contributed by atoms with Gasteiger partial charge in [-0.2, -0.15) is 0 Å². The smallest absolute Gasteiger partial charge is 0.542 e. The van der Waals surface area contributed by atoms with E-state index in [1.807, 2.05) is 0 Å². The van der Waals surface area contributed by atoms with Crippen LogP contribution in [0, 0.1) is 0 Å². The predicted octanol–water partition coefficient (Wildman–Crippen LogP) is -3.99. The maximum absolute atomic E-state index is 10.5. The molecule has 12 heavy (non-hydrogen) atoms. The molecule has 0 radical (unpaired) electrons. The van der Waals surface area contributed by atoms with Crippen LogP contribution in [-0.2, 0) is 16.0 Å². The van der Waals surface area contributed by atoms with Gasteiger partial charge < -0.3 is 9.90 Å². The summed E-state index contributed by atoms with van der Waals surface area (Å²) in [6.07, 6.45) is -0.175. The van der Waals surface area contributed by atoms with Crippen LogP contribution in [-0.4, -0.2) is 16.7 Å². The molecule has 4 nitrogen and oxygen atoms in total. The maximum Gasteiger partial charge on any atom is 1.00 e. The van der Waals surface area contributed by atoms with Crippen LogP contribution in [0.2, 0.25) is 0 Å². The molecule has 0 fully saturated rings. The quantitative estimate of drug-likeness (QED) is 0.362. The Morgan fingerprint density at radius 3 is 2.67 bits per heavy atom. The molecule has 0 saturated heterocycles. The van der Waals surface area contributed by atoms with Crippen LogP contribution >= 0.6 is 11.3 Å². The maximum atomic E-state index is 10.5. The van der Waals surface area contributed by atoms with E-state index in [4.69, 9.17) is 0 Å². The normalized spacial score (nSPS) is 8.67. The van der Waals surface area contributed by atoms with E-state index in [0.29, 0.717) is 5.69 Å². The Kier molecular flexibility index (Phi) is 5.32. The minimum absolute atomic E-state index is 0. The van der Waals surface area contributed by atoms with Crippen LogP contribution in [0.4, 0.5) is 0 Å². The number of aromatic nitrogens is 1. The van der Waals surface area contributed by atoms with Gasteiger partial charge in [-0.05, 0) is 0 Å². The molecule has 1 aromatic heterocycles. The number of ketones is 1. The van der Waals surface area contributed by atoms with Crippen molar-refractivity contribution in [3.8, 4) is 0 Å². The molecule has 0 unspecified atom stereocenters. The first-order chi connectivity index (χ1) is 5.20. The van der Waals surface area contributed by atoms with Crippen LogP contribution in [0.1, 0.15) is 5.69 Å². The van der Waals surface area contributed by atoms with Gasteiger partial charge in [0.15, 0.2) is 5.78 Å². The molecule has 0 aliphatic heterocycles. The van der Waals surface area contributed by atoms with E-state index in [1.165, 1.54) is 16.8 Å². The molecule has 0 N–H and O–H groups in total. The van der Waals surface area contributed by atoms with Gasteiger partial charge in [0.25, 0.3) is 0 Å². The minimum atomic E-state index is -1.65. The second-order valence-corrected chi connectivity index (χ2v) is 2.59. The van der Waals surface area contributed by atoms with Crippen molar-refractivity contribution >= 4 is 23.1 Å². The first kappa shape index (κ1) is 11.8. The molecule has 0 saturated carbocycles. The number of nitrogens with zero attached hydrogens (tertiary/aromatic N) is 1. The van der Waals surface area contributed by atoms with E-state index in [2.05, 4.69) is 4.98 Å². The molecule has 1 rings (SSSR count). The molecule has 0 aliphatic carbocycles. The van der Waals surface area contributed by atoms with Gasteiger partial charge in [-0.25, -0.2) is 4.98 Å². The monoisotopic (exact) mass is 193 g/mol. The molecule has 1 aromatic rings. The summed E-state index contributed by atoms with van der Waals surface area (Å²) >= 11 is 1.32. The standard InChI is InChI=1S/C6H5NO3S.Na/c8-5(6(9)10)1-4-2-11-3-7-4;/h2-3H,1H2,(H,9,10);/q;+1/p-1. The first-order valence-corrected chi connectivity index (χ1v) is 3.75. The number of carboxylic acids is 1. The average molecular weight is 193 g/mol. The number of hydrogen-bond acceptors (Lipinski definition) is 5. The molecule has 58 valence electrons. The summed E-state index contributed by atoms with van der Waals surface area (Å²) in [4.78, 5) is 24.2. The third-order valence-corrected chi connectivity index (χ3v) is 1.69. The fraction of sp³-hybridized carbons (Fsp3) is 0.167. The molecule has 0 atom stereocenters. The summed E-state index contributed by atoms with van der Waals surface area (Å²) in [6, 6.07) is 0. The number of aliphatic carboxylic acids is 1. The summed E-state index contributed by atoms with van der Waals surface area (Å²) in [5.41, 5.74) is 2.02. The van der Waals surface area contributed by atoms with E-state index in [0.717, 1.165) is 0 Å². The molecule has 0 spiro atoms. The largest absolute Gasteiger partial charge is 1.00 e. The Bertz CT molecular complexity index is 272. The molecular formula is C6H4NNaO3S. The Labute approximate surface area is 94.9 Å². The zero-order chi connectivity index (χ0) is 8.27. The van der Waals surface area contributed by atoms with Crippen LogP contribution in [0.25, 0.3) is 0 Å². The number of carboxylic acid groups (broad SMARTS) is 1. The van der Waals surface area contributed by atoms with Crippen LogP contribution < -0.4 is 34.7 Å². The molecular weight excluding hydrogens is 189 g/mol. The molecule has 0 amide bonds. The Hall–Kier alpha value is -0.230. The Balaban J connectivity index is 0.00000121. The number of thiazole rings is 1. The second kappa shape index (κ2) is 5.42. The topological polar surface area (TPSA) is 70.1 Å². The van der Waals surface area contributed by atoms with Crippen molar-refractivity contribution < 1.29 is 44.3 Å². The van der Waals surface area contributed by atoms with Gasteiger partial charge >= 0.3 is 29.6 Å². The minimum Gasteiger partial charge on any atom is -0.542 e. The molecule has 6 heteroatoms. The summed E-state index contributed by atoms with van der Waals surface area (Å²) in [6.45, 7) is 0. The van der Waals surface area contributed by atoms with Gasteiger partial charge in [0, 0.05) is 5.38 Å². The Morgan fingerprint density at radius 2 is 2.25 bits per heavy atom. The van der Waals surface area contributed by atoms with E-state index in [-0.39, 0.29) is 36.0 Å². The third kappa shape index (κ3) is 3.44. The van der Waals surface area contributed by atoms with Crippen molar-refractivity contribution in [1.29, 1.82) is 0 Å². The van der Waals surface area contributed by atoms with Gasteiger partial charge in [-0.15, -0.1) is 11.3 Å². The molecule has 0 aromatic carbocycles. The van der Waals surface area contributed by atoms with Crippen molar-refractivity contribution in [3.05, 3.63) is 16.6 Å². The van der Waals surface area contributed by atoms with E-state index >= 15 is 0 Å². The Morgan fingerprint density at radius 1 is 1.58 bits per heavy atom. The zero-order valence-corrected chi connectivity index (χ0v) is 9.26. The van der Waals surface area contributed by atoms with Crippen molar-refractivity contribution in [2.24, 2.45) is 0 Å². The SMILES string of the molecule is O=C([O-])C(=O)Cc1cscn1.[Na+]. The van der Waals surface area contributed by atoms with Gasteiger partial charge in [-0.1, -0.05) is 0 Å². The zero-order valence-electron chi connectivity index (χ0n) is 6.44. The number of Topliss-reactive ketones (excluding diaryl/α,β-unsaturated/α-hetero) is 1.